The van der Waals surface area contributed by atoms with Crippen LogP contribution in [0.1, 0.15) is 50.2 Å². The summed E-state index contributed by atoms with van der Waals surface area (Å²) in [5.41, 5.74) is 4.37. The van der Waals surface area contributed by atoms with Crippen molar-refractivity contribution in [3.63, 3.8) is 0 Å². The molecule has 0 spiro atoms. The molecule has 0 amide bonds. The van der Waals surface area contributed by atoms with Crippen molar-refractivity contribution in [3.8, 4) is 22.3 Å². The highest BCUT2D eigenvalue weighted by Gasteiger charge is 2.14. The van der Waals surface area contributed by atoms with E-state index in [2.05, 4.69) is 31.2 Å². The van der Waals surface area contributed by atoms with Crippen LogP contribution in [-0.2, 0) is 6.42 Å². The first-order valence-electron chi connectivity index (χ1n) is 11.6. The van der Waals surface area contributed by atoms with Gasteiger partial charge in [0.15, 0.2) is 0 Å². The van der Waals surface area contributed by atoms with Gasteiger partial charge in [0.1, 0.15) is 11.6 Å². The summed E-state index contributed by atoms with van der Waals surface area (Å²) in [4.78, 5) is 0. The molecule has 0 heterocycles. The standard InChI is InChI=1S/C30H30F2/c1-3-4-5-6-7-9-22-10-8-11-25-18-24(16-17-27(22)25)26-19-28(31)30(29(32)20-26)23-14-12-21(2)13-15-23/h8,10-20H,3-7,9H2,1-2H3. The average Bonchev–Trinajstić information content (AvgIpc) is 2.79. The van der Waals surface area contributed by atoms with E-state index < -0.39 is 11.6 Å². The third-order valence-electron chi connectivity index (χ3n) is 6.24. The van der Waals surface area contributed by atoms with E-state index in [1.54, 1.807) is 12.1 Å². The fourth-order valence-corrected chi connectivity index (χ4v) is 4.40. The second kappa shape index (κ2) is 10.1. The summed E-state index contributed by atoms with van der Waals surface area (Å²) in [5.74, 6) is -1.07. The Morgan fingerprint density at radius 3 is 2.06 bits per heavy atom. The van der Waals surface area contributed by atoms with Gasteiger partial charge in [-0.3, -0.25) is 0 Å². The largest absolute Gasteiger partial charge is 0.206 e. The van der Waals surface area contributed by atoms with Crippen molar-refractivity contribution in [2.24, 2.45) is 0 Å². The van der Waals surface area contributed by atoms with Crippen molar-refractivity contribution in [1.29, 1.82) is 0 Å². The Bertz CT molecular complexity index is 1180. The number of aryl methyl sites for hydroxylation is 2. The quantitative estimate of drug-likeness (QED) is 0.245. The average molecular weight is 429 g/mol. The highest BCUT2D eigenvalue weighted by molar-refractivity contribution is 5.90. The first-order valence-corrected chi connectivity index (χ1v) is 11.6. The zero-order chi connectivity index (χ0) is 22.5. The van der Waals surface area contributed by atoms with Crippen LogP contribution in [0.2, 0.25) is 0 Å². The highest BCUT2D eigenvalue weighted by Crippen LogP contribution is 2.33. The van der Waals surface area contributed by atoms with Gasteiger partial charge < -0.3 is 0 Å². The second-order valence-electron chi connectivity index (χ2n) is 8.70. The molecule has 0 atom stereocenters. The van der Waals surface area contributed by atoms with Gasteiger partial charge in [0, 0.05) is 0 Å². The van der Waals surface area contributed by atoms with Gasteiger partial charge in [0.25, 0.3) is 0 Å². The minimum Gasteiger partial charge on any atom is -0.206 e. The summed E-state index contributed by atoms with van der Waals surface area (Å²) >= 11 is 0. The Balaban J connectivity index is 1.61. The molecule has 4 aromatic rings. The molecule has 0 aliphatic rings. The zero-order valence-electron chi connectivity index (χ0n) is 18.9. The minimum atomic E-state index is -0.537. The van der Waals surface area contributed by atoms with E-state index in [-0.39, 0.29) is 5.56 Å². The van der Waals surface area contributed by atoms with Gasteiger partial charge in [-0.1, -0.05) is 92.8 Å². The molecule has 0 unspecified atom stereocenters. The van der Waals surface area contributed by atoms with E-state index in [0.29, 0.717) is 11.1 Å². The number of benzene rings is 4. The molecule has 0 aromatic heterocycles. The van der Waals surface area contributed by atoms with Crippen LogP contribution in [0.3, 0.4) is 0 Å². The predicted molar refractivity (Wildman–Crippen MR) is 132 cm³/mol. The number of halogens is 2. The van der Waals surface area contributed by atoms with Gasteiger partial charge in [-0.05, 0) is 71.0 Å². The van der Waals surface area contributed by atoms with E-state index in [1.807, 2.05) is 31.2 Å². The summed E-state index contributed by atoms with van der Waals surface area (Å²) in [5, 5.41) is 2.33. The lowest BCUT2D eigenvalue weighted by molar-refractivity contribution is 0.590. The highest BCUT2D eigenvalue weighted by atomic mass is 19.1. The van der Waals surface area contributed by atoms with E-state index in [9.17, 15) is 8.78 Å². The van der Waals surface area contributed by atoms with Crippen LogP contribution in [0.4, 0.5) is 8.78 Å². The predicted octanol–water partition coefficient (Wildman–Crippen LogP) is 9.27. The van der Waals surface area contributed by atoms with Gasteiger partial charge in [-0.25, -0.2) is 8.78 Å². The molecule has 0 saturated carbocycles. The monoisotopic (exact) mass is 428 g/mol. The van der Waals surface area contributed by atoms with Crippen LogP contribution in [-0.4, -0.2) is 0 Å². The number of fused-ring (bicyclic) bond motifs is 1. The van der Waals surface area contributed by atoms with E-state index in [1.165, 1.54) is 55.2 Å². The molecule has 4 rings (SSSR count). The van der Waals surface area contributed by atoms with Gasteiger partial charge in [-0.2, -0.15) is 0 Å². The molecule has 0 saturated heterocycles. The number of rotatable bonds is 8. The van der Waals surface area contributed by atoms with Crippen LogP contribution >= 0.6 is 0 Å². The molecule has 2 heteroatoms. The van der Waals surface area contributed by atoms with Crippen LogP contribution in [0.5, 0.6) is 0 Å². The maximum absolute atomic E-state index is 14.9. The molecule has 0 aliphatic heterocycles. The molecule has 0 bridgehead atoms. The van der Waals surface area contributed by atoms with Gasteiger partial charge >= 0.3 is 0 Å². The topological polar surface area (TPSA) is 0 Å². The van der Waals surface area contributed by atoms with Gasteiger partial charge in [0.05, 0.1) is 5.56 Å². The van der Waals surface area contributed by atoms with Crippen molar-refractivity contribution < 1.29 is 8.78 Å². The summed E-state index contributed by atoms with van der Waals surface area (Å²) in [6.45, 7) is 4.19. The Labute approximate surface area is 189 Å². The molecule has 32 heavy (non-hydrogen) atoms. The first kappa shape index (κ1) is 22.2. The third-order valence-corrected chi connectivity index (χ3v) is 6.24. The number of unbranched alkanes of at least 4 members (excludes halogenated alkanes) is 4. The Morgan fingerprint density at radius 1 is 0.656 bits per heavy atom. The maximum Gasteiger partial charge on any atom is 0.134 e. The van der Waals surface area contributed by atoms with Crippen LogP contribution in [0.15, 0.2) is 72.8 Å². The first-order chi connectivity index (χ1) is 15.6. The van der Waals surface area contributed by atoms with Gasteiger partial charge in [-0.15, -0.1) is 0 Å². The number of hydrogen-bond acceptors (Lipinski definition) is 0. The molecule has 4 aromatic carbocycles. The van der Waals surface area contributed by atoms with Gasteiger partial charge in [0.2, 0.25) is 0 Å². The normalized spacial score (nSPS) is 11.2. The summed E-state index contributed by atoms with van der Waals surface area (Å²) in [6, 6.07) is 22.6. The third kappa shape index (κ3) is 4.91. The lowest BCUT2D eigenvalue weighted by Gasteiger charge is -2.11. The van der Waals surface area contributed by atoms with Crippen molar-refractivity contribution >= 4 is 10.8 Å². The Hall–Kier alpha value is -3.00. The van der Waals surface area contributed by atoms with E-state index in [4.69, 9.17) is 0 Å². The van der Waals surface area contributed by atoms with Crippen molar-refractivity contribution in [2.75, 3.05) is 0 Å². The summed E-state index contributed by atoms with van der Waals surface area (Å²) in [6.07, 6.45) is 7.36. The van der Waals surface area contributed by atoms with Crippen molar-refractivity contribution in [3.05, 3.63) is 95.6 Å². The number of hydrogen-bond donors (Lipinski definition) is 0. The molecule has 0 nitrogen and oxygen atoms in total. The molecule has 0 fully saturated rings. The second-order valence-corrected chi connectivity index (χ2v) is 8.70. The summed E-state index contributed by atoms with van der Waals surface area (Å²) in [7, 11) is 0. The minimum absolute atomic E-state index is 0.0277. The summed E-state index contributed by atoms with van der Waals surface area (Å²) < 4.78 is 29.9. The molecular weight excluding hydrogens is 398 g/mol. The Morgan fingerprint density at radius 2 is 1.34 bits per heavy atom. The van der Waals surface area contributed by atoms with Crippen LogP contribution < -0.4 is 0 Å². The van der Waals surface area contributed by atoms with Crippen molar-refractivity contribution in [1.82, 2.24) is 0 Å². The fraction of sp³-hybridized carbons (Fsp3) is 0.267. The maximum atomic E-state index is 14.9. The smallest absolute Gasteiger partial charge is 0.134 e. The molecule has 164 valence electrons. The lowest BCUT2D eigenvalue weighted by atomic mass is 9.94. The molecule has 0 aliphatic carbocycles. The zero-order valence-corrected chi connectivity index (χ0v) is 18.9. The lowest BCUT2D eigenvalue weighted by Crippen LogP contribution is -1.93. The molecule has 0 N–H and O–H groups in total. The SMILES string of the molecule is CCCCCCCc1cccc2cc(-c3cc(F)c(-c4ccc(C)cc4)c(F)c3)ccc12. The van der Waals surface area contributed by atoms with E-state index >= 15 is 0 Å². The van der Waals surface area contributed by atoms with Crippen LogP contribution in [0.25, 0.3) is 33.0 Å². The van der Waals surface area contributed by atoms with Crippen LogP contribution in [0, 0.1) is 18.6 Å². The van der Waals surface area contributed by atoms with E-state index in [0.717, 1.165) is 22.9 Å². The molecular formula is C30H30F2. The fourth-order valence-electron chi connectivity index (χ4n) is 4.40. The molecule has 0 radical (unpaired) electrons. The van der Waals surface area contributed by atoms with Crippen molar-refractivity contribution in [2.45, 2.75) is 52.4 Å². The Kier molecular flexibility index (Phi) is 6.99.